The van der Waals surface area contributed by atoms with Crippen LogP contribution in [0, 0.1) is 0 Å². The molecule has 1 saturated heterocycles. The highest BCUT2D eigenvalue weighted by atomic mass is 16.5. The third-order valence-electron chi connectivity index (χ3n) is 4.20. The number of morpholine rings is 1. The summed E-state index contributed by atoms with van der Waals surface area (Å²) in [6.07, 6.45) is 3.95. The standard InChI is InChI=1S/C17H22N4O3/c1-23-15-3-4-16(21-6-2-5-19-21)13(9-15)11-20-7-8-24-12-14(20)10-17(18)22/h2-6,9,14H,7-8,10-12H2,1H3,(H2,18,22). The normalized spacial score (nSPS) is 18.5. The van der Waals surface area contributed by atoms with Gasteiger partial charge in [-0.05, 0) is 29.8 Å². The van der Waals surface area contributed by atoms with Crippen molar-refractivity contribution in [1.82, 2.24) is 14.7 Å². The van der Waals surface area contributed by atoms with E-state index in [0.29, 0.717) is 26.2 Å². The second-order valence-electron chi connectivity index (χ2n) is 5.81. The Morgan fingerprint density at radius 3 is 3.08 bits per heavy atom. The van der Waals surface area contributed by atoms with Crippen LogP contribution in [-0.2, 0) is 16.1 Å². The van der Waals surface area contributed by atoms with Crippen LogP contribution in [0.15, 0.2) is 36.7 Å². The molecule has 1 aromatic heterocycles. The van der Waals surface area contributed by atoms with Crippen LogP contribution < -0.4 is 10.5 Å². The van der Waals surface area contributed by atoms with Gasteiger partial charge >= 0.3 is 0 Å². The number of nitrogens with zero attached hydrogens (tertiary/aromatic N) is 3. The Labute approximate surface area is 140 Å². The van der Waals surface area contributed by atoms with Gasteiger partial charge in [-0.25, -0.2) is 4.68 Å². The van der Waals surface area contributed by atoms with Gasteiger partial charge in [-0.15, -0.1) is 0 Å². The van der Waals surface area contributed by atoms with Gasteiger partial charge in [-0.2, -0.15) is 5.10 Å². The number of nitrogens with two attached hydrogens (primary N) is 1. The largest absolute Gasteiger partial charge is 0.497 e. The summed E-state index contributed by atoms with van der Waals surface area (Å²) in [5.41, 5.74) is 7.45. The van der Waals surface area contributed by atoms with E-state index in [1.165, 1.54) is 0 Å². The Hall–Kier alpha value is -2.38. The van der Waals surface area contributed by atoms with Crippen LogP contribution in [0.1, 0.15) is 12.0 Å². The van der Waals surface area contributed by atoms with Crippen LogP contribution in [0.5, 0.6) is 5.75 Å². The molecule has 2 aromatic rings. The van der Waals surface area contributed by atoms with E-state index < -0.39 is 0 Å². The van der Waals surface area contributed by atoms with E-state index in [1.54, 1.807) is 13.3 Å². The fourth-order valence-corrected chi connectivity index (χ4v) is 2.99. The van der Waals surface area contributed by atoms with E-state index >= 15 is 0 Å². The van der Waals surface area contributed by atoms with Gasteiger partial charge in [0.05, 0.1) is 26.0 Å². The molecule has 2 N–H and O–H groups in total. The van der Waals surface area contributed by atoms with Gasteiger partial charge in [0.25, 0.3) is 0 Å². The molecule has 0 spiro atoms. The molecule has 128 valence electrons. The number of rotatable bonds is 6. The van der Waals surface area contributed by atoms with Gasteiger partial charge in [-0.1, -0.05) is 0 Å². The molecule has 0 bridgehead atoms. The monoisotopic (exact) mass is 330 g/mol. The van der Waals surface area contributed by atoms with Crippen molar-refractivity contribution >= 4 is 5.91 Å². The van der Waals surface area contributed by atoms with Crippen molar-refractivity contribution < 1.29 is 14.3 Å². The van der Waals surface area contributed by atoms with Gasteiger partial charge < -0.3 is 15.2 Å². The lowest BCUT2D eigenvalue weighted by atomic mass is 10.1. The predicted molar refractivity (Wildman–Crippen MR) is 88.9 cm³/mol. The number of carbonyl (C=O) groups is 1. The topological polar surface area (TPSA) is 82.6 Å². The first-order valence-electron chi connectivity index (χ1n) is 7.94. The fourth-order valence-electron chi connectivity index (χ4n) is 2.99. The summed E-state index contributed by atoms with van der Waals surface area (Å²) in [7, 11) is 1.65. The summed E-state index contributed by atoms with van der Waals surface area (Å²) in [5.74, 6) is 0.481. The average molecular weight is 330 g/mol. The molecule has 1 aliphatic heterocycles. The van der Waals surface area contributed by atoms with Crippen LogP contribution in [0.25, 0.3) is 5.69 Å². The number of ether oxygens (including phenoxy) is 2. The lowest BCUT2D eigenvalue weighted by molar-refractivity contribution is -0.121. The first-order valence-corrected chi connectivity index (χ1v) is 7.94. The fraction of sp³-hybridized carbons (Fsp3) is 0.412. The maximum atomic E-state index is 11.3. The van der Waals surface area contributed by atoms with Crippen molar-refractivity contribution in [3.05, 3.63) is 42.2 Å². The number of hydrogen-bond acceptors (Lipinski definition) is 5. The van der Waals surface area contributed by atoms with E-state index in [2.05, 4.69) is 10.00 Å². The number of benzene rings is 1. The van der Waals surface area contributed by atoms with Crippen LogP contribution in [0.4, 0.5) is 0 Å². The second-order valence-corrected chi connectivity index (χ2v) is 5.81. The molecule has 0 radical (unpaired) electrons. The molecule has 24 heavy (non-hydrogen) atoms. The molecule has 1 unspecified atom stereocenters. The molecule has 1 fully saturated rings. The minimum absolute atomic E-state index is 0.00655. The van der Waals surface area contributed by atoms with Crippen molar-refractivity contribution in [3.8, 4) is 11.4 Å². The van der Waals surface area contributed by atoms with Gasteiger partial charge in [0, 0.05) is 37.9 Å². The molecule has 0 aliphatic carbocycles. The molecule has 7 nitrogen and oxygen atoms in total. The summed E-state index contributed by atoms with van der Waals surface area (Å²) in [6, 6.07) is 7.80. The predicted octanol–water partition coefficient (Wildman–Crippen LogP) is 0.957. The molecule has 3 rings (SSSR count). The van der Waals surface area contributed by atoms with Crippen molar-refractivity contribution in [3.63, 3.8) is 0 Å². The Kier molecular flexibility index (Phi) is 5.12. The minimum Gasteiger partial charge on any atom is -0.497 e. The van der Waals surface area contributed by atoms with E-state index in [1.807, 2.05) is 35.1 Å². The van der Waals surface area contributed by atoms with E-state index in [9.17, 15) is 4.79 Å². The SMILES string of the molecule is COc1ccc(-n2cccn2)c(CN2CCOCC2CC(N)=O)c1. The molecule has 2 heterocycles. The van der Waals surface area contributed by atoms with E-state index in [-0.39, 0.29) is 11.9 Å². The van der Waals surface area contributed by atoms with Crippen LogP contribution in [-0.4, -0.2) is 53.5 Å². The zero-order chi connectivity index (χ0) is 16.9. The number of methoxy groups -OCH3 is 1. The third-order valence-corrected chi connectivity index (χ3v) is 4.20. The summed E-state index contributed by atoms with van der Waals surface area (Å²) < 4.78 is 12.7. The van der Waals surface area contributed by atoms with Gasteiger partial charge in [0.15, 0.2) is 0 Å². The Balaban J connectivity index is 1.88. The van der Waals surface area contributed by atoms with Crippen LogP contribution in [0.2, 0.25) is 0 Å². The highest BCUT2D eigenvalue weighted by Crippen LogP contribution is 2.24. The number of hydrogen-bond donors (Lipinski definition) is 1. The van der Waals surface area contributed by atoms with E-state index in [0.717, 1.165) is 23.5 Å². The maximum Gasteiger partial charge on any atom is 0.219 e. The summed E-state index contributed by atoms with van der Waals surface area (Å²) in [4.78, 5) is 13.6. The lowest BCUT2D eigenvalue weighted by Gasteiger charge is -2.35. The Morgan fingerprint density at radius 1 is 1.50 bits per heavy atom. The van der Waals surface area contributed by atoms with Gasteiger partial charge in [0.2, 0.25) is 5.91 Å². The van der Waals surface area contributed by atoms with Crippen LogP contribution in [0.3, 0.4) is 0 Å². The number of aromatic nitrogens is 2. The lowest BCUT2D eigenvalue weighted by Crippen LogP contribution is -2.46. The molecular formula is C17H22N4O3. The Morgan fingerprint density at radius 2 is 2.38 bits per heavy atom. The minimum atomic E-state index is -0.312. The quantitative estimate of drug-likeness (QED) is 0.853. The van der Waals surface area contributed by atoms with Crippen molar-refractivity contribution in [1.29, 1.82) is 0 Å². The zero-order valence-electron chi connectivity index (χ0n) is 13.7. The van der Waals surface area contributed by atoms with Crippen molar-refractivity contribution in [2.75, 3.05) is 26.9 Å². The zero-order valence-corrected chi connectivity index (χ0v) is 13.7. The third kappa shape index (κ3) is 3.74. The summed E-state index contributed by atoms with van der Waals surface area (Å²) in [6.45, 7) is 2.60. The molecule has 1 aromatic carbocycles. The van der Waals surface area contributed by atoms with E-state index in [4.69, 9.17) is 15.2 Å². The summed E-state index contributed by atoms with van der Waals surface area (Å²) >= 11 is 0. The molecule has 1 amide bonds. The number of amides is 1. The smallest absolute Gasteiger partial charge is 0.219 e. The number of primary amides is 1. The van der Waals surface area contributed by atoms with Gasteiger partial charge in [-0.3, -0.25) is 9.69 Å². The molecule has 1 atom stereocenters. The van der Waals surface area contributed by atoms with Gasteiger partial charge in [0.1, 0.15) is 5.75 Å². The van der Waals surface area contributed by atoms with Crippen molar-refractivity contribution in [2.45, 2.75) is 19.0 Å². The maximum absolute atomic E-state index is 11.3. The average Bonchev–Trinajstić information content (AvgIpc) is 3.10. The highest BCUT2D eigenvalue weighted by molar-refractivity contribution is 5.74. The first kappa shape index (κ1) is 16.5. The van der Waals surface area contributed by atoms with Crippen molar-refractivity contribution in [2.24, 2.45) is 5.73 Å². The Bertz CT molecular complexity index is 687. The highest BCUT2D eigenvalue weighted by Gasteiger charge is 2.25. The molecular weight excluding hydrogens is 308 g/mol. The number of carbonyl (C=O) groups excluding carboxylic acids is 1. The summed E-state index contributed by atoms with van der Waals surface area (Å²) in [5, 5.41) is 4.32. The van der Waals surface area contributed by atoms with Crippen LogP contribution >= 0.6 is 0 Å². The first-order chi connectivity index (χ1) is 11.7. The molecule has 0 saturated carbocycles. The second kappa shape index (κ2) is 7.46. The molecule has 7 heteroatoms. The molecule has 1 aliphatic rings.